The monoisotopic (exact) mass is 132 g/mol. The Hall–Kier alpha value is -1.74. The van der Waals surface area contributed by atoms with E-state index in [0.29, 0.717) is 12.4 Å². The maximum absolute atomic E-state index is 8.20. The third kappa shape index (κ3) is 0.985. The fourth-order valence-electron chi connectivity index (χ4n) is 0.623. The van der Waals surface area contributed by atoms with Crippen molar-refractivity contribution in [3.05, 3.63) is 23.5 Å². The second kappa shape index (κ2) is 2.70. The van der Waals surface area contributed by atoms with E-state index in [4.69, 9.17) is 15.3 Å². The molecule has 0 N–H and O–H groups in total. The third-order valence-corrected chi connectivity index (χ3v) is 1.13. The van der Waals surface area contributed by atoms with Gasteiger partial charge in [0.2, 0.25) is 0 Å². The molecule has 0 amide bonds. The lowest BCUT2D eigenvalue weighted by Gasteiger charge is -2.20. The Morgan fingerprint density at radius 3 is 2.40 bits per heavy atom. The van der Waals surface area contributed by atoms with Crippen molar-refractivity contribution in [3.8, 4) is 12.1 Å². The Labute approximate surface area is 58.4 Å². The van der Waals surface area contributed by atoms with Crippen LogP contribution in [0.5, 0.6) is 0 Å². The lowest BCUT2D eigenvalue weighted by Crippen LogP contribution is -2.13. The number of ether oxygens (including phenoxy) is 1. The standard InChI is InChI=1S/C7H4N2O/c8-3-1-6-5-10-7(6)2-4-9/h1-2H,5H2. The van der Waals surface area contributed by atoms with Crippen molar-refractivity contribution in [2.24, 2.45) is 0 Å². The highest BCUT2D eigenvalue weighted by molar-refractivity contribution is 5.39. The van der Waals surface area contributed by atoms with E-state index in [1.165, 1.54) is 12.2 Å². The van der Waals surface area contributed by atoms with Gasteiger partial charge >= 0.3 is 0 Å². The van der Waals surface area contributed by atoms with Gasteiger partial charge in [-0.05, 0) is 0 Å². The van der Waals surface area contributed by atoms with E-state index in [2.05, 4.69) is 0 Å². The maximum atomic E-state index is 8.20. The summed E-state index contributed by atoms with van der Waals surface area (Å²) in [4.78, 5) is 0. The molecule has 0 aromatic heterocycles. The smallest absolute Gasteiger partial charge is 0.137 e. The molecule has 0 spiro atoms. The van der Waals surface area contributed by atoms with Crippen LogP contribution in [0.4, 0.5) is 0 Å². The van der Waals surface area contributed by atoms with E-state index in [0.717, 1.165) is 5.57 Å². The van der Waals surface area contributed by atoms with Gasteiger partial charge in [-0.3, -0.25) is 0 Å². The Morgan fingerprint density at radius 2 is 2.00 bits per heavy atom. The zero-order valence-corrected chi connectivity index (χ0v) is 5.16. The molecular weight excluding hydrogens is 128 g/mol. The molecule has 48 valence electrons. The van der Waals surface area contributed by atoms with Crippen LogP contribution in [0.1, 0.15) is 0 Å². The van der Waals surface area contributed by atoms with Crippen LogP contribution >= 0.6 is 0 Å². The molecule has 0 bridgehead atoms. The summed E-state index contributed by atoms with van der Waals surface area (Å²) in [6, 6.07) is 3.69. The molecule has 1 saturated heterocycles. The SMILES string of the molecule is N#CC=C1COC1=CC#N. The summed E-state index contributed by atoms with van der Waals surface area (Å²) >= 11 is 0. The summed E-state index contributed by atoms with van der Waals surface area (Å²) in [7, 11) is 0. The molecule has 1 heterocycles. The van der Waals surface area contributed by atoms with E-state index in [1.807, 2.05) is 12.1 Å². The van der Waals surface area contributed by atoms with Crippen molar-refractivity contribution in [2.45, 2.75) is 0 Å². The van der Waals surface area contributed by atoms with E-state index >= 15 is 0 Å². The fourth-order valence-corrected chi connectivity index (χ4v) is 0.623. The summed E-state index contributed by atoms with van der Waals surface area (Å²) in [6.07, 6.45) is 2.67. The topological polar surface area (TPSA) is 56.8 Å². The first kappa shape index (κ1) is 6.38. The van der Waals surface area contributed by atoms with Crippen molar-refractivity contribution in [1.82, 2.24) is 0 Å². The molecule has 0 radical (unpaired) electrons. The Bertz CT molecular complexity index is 245. The van der Waals surface area contributed by atoms with Crippen LogP contribution in [-0.4, -0.2) is 6.61 Å². The van der Waals surface area contributed by atoms with E-state index in [9.17, 15) is 0 Å². The molecule has 0 aromatic rings. The van der Waals surface area contributed by atoms with Gasteiger partial charge in [-0.1, -0.05) is 0 Å². The quantitative estimate of drug-likeness (QED) is 0.459. The molecular formula is C7H4N2O. The van der Waals surface area contributed by atoms with Crippen molar-refractivity contribution in [1.29, 1.82) is 10.5 Å². The predicted molar refractivity (Wildman–Crippen MR) is 33.3 cm³/mol. The number of nitriles is 2. The minimum Gasteiger partial charge on any atom is -0.488 e. The zero-order chi connectivity index (χ0) is 7.40. The number of rotatable bonds is 0. The van der Waals surface area contributed by atoms with Gasteiger partial charge in [0.1, 0.15) is 12.4 Å². The van der Waals surface area contributed by atoms with Crippen LogP contribution in [0, 0.1) is 22.7 Å². The predicted octanol–water partition coefficient (Wildman–Crippen LogP) is 0.874. The van der Waals surface area contributed by atoms with Crippen LogP contribution in [0.2, 0.25) is 0 Å². The van der Waals surface area contributed by atoms with Crippen LogP contribution in [0.15, 0.2) is 23.5 Å². The first-order valence-electron chi connectivity index (χ1n) is 2.70. The first-order valence-corrected chi connectivity index (χ1v) is 2.70. The number of nitrogens with zero attached hydrogens (tertiary/aromatic N) is 2. The Kier molecular flexibility index (Phi) is 1.72. The highest BCUT2D eigenvalue weighted by Gasteiger charge is 2.16. The summed E-state index contributed by atoms with van der Waals surface area (Å²) < 4.78 is 4.86. The summed E-state index contributed by atoms with van der Waals surface area (Å²) in [5.41, 5.74) is 0.795. The molecule has 3 heteroatoms. The van der Waals surface area contributed by atoms with Gasteiger partial charge in [0, 0.05) is 11.6 Å². The van der Waals surface area contributed by atoms with Crippen LogP contribution < -0.4 is 0 Å². The summed E-state index contributed by atoms with van der Waals surface area (Å²) in [5, 5.41) is 16.4. The van der Waals surface area contributed by atoms with Gasteiger partial charge in [-0.25, -0.2) is 0 Å². The van der Waals surface area contributed by atoms with Crippen molar-refractivity contribution >= 4 is 0 Å². The molecule has 0 aromatic carbocycles. The maximum Gasteiger partial charge on any atom is 0.137 e. The number of allylic oxidation sites excluding steroid dienone is 2. The third-order valence-electron chi connectivity index (χ3n) is 1.13. The van der Waals surface area contributed by atoms with Gasteiger partial charge < -0.3 is 4.74 Å². The molecule has 1 aliphatic heterocycles. The van der Waals surface area contributed by atoms with Crippen molar-refractivity contribution in [2.75, 3.05) is 6.61 Å². The molecule has 0 aliphatic carbocycles. The molecule has 1 rings (SSSR count). The van der Waals surface area contributed by atoms with Crippen LogP contribution in [0.25, 0.3) is 0 Å². The first-order chi connectivity index (χ1) is 4.88. The zero-order valence-electron chi connectivity index (χ0n) is 5.16. The van der Waals surface area contributed by atoms with Crippen LogP contribution in [-0.2, 0) is 4.74 Å². The lowest BCUT2D eigenvalue weighted by atomic mass is 10.1. The number of hydrogen-bond donors (Lipinski definition) is 0. The highest BCUT2D eigenvalue weighted by Crippen LogP contribution is 2.22. The van der Waals surface area contributed by atoms with Gasteiger partial charge in [0.15, 0.2) is 0 Å². The molecule has 10 heavy (non-hydrogen) atoms. The average Bonchev–Trinajstić information content (AvgIpc) is 1.93. The Balaban J connectivity index is 2.73. The van der Waals surface area contributed by atoms with Gasteiger partial charge in [0.05, 0.1) is 18.2 Å². The van der Waals surface area contributed by atoms with Crippen LogP contribution in [0.3, 0.4) is 0 Å². The summed E-state index contributed by atoms with van der Waals surface area (Å²) in [6.45, 7) is 0.446. The minimum absolute atomic E-state index is 0.446. The average molecular weight is 132 g/mol. The fraction of sp³-hybridized carbons (Fsp3) is 0.143. The molecule has 1 aliphatic rings. The largest absolute Gasteiger partial charge is 0.488 e. The molecule has 0 atom stereocenters. The van der Waals surface area contributed by atoms with E-state index in [1.54, 1.807) is 0 Å². The van der Waals surface area contributed by atoms with Gasteiger partial charge in [-0.15, -0.1) is 0 Å². The highest BCUT2D eigenvalue weighted by atomic mass is 16.5. The van der Waals surface area contributed by atoms with E-state index in [-0.39, 0.29) is 0 Å². The second-order valence-corrected chi connectivity index (χ2v) is 1.73. The normalized spacial score (nSPS) is 22.6. The Morgan fingerprint density at radius 1 is 1.30 bits per heavy atom. The van der Waals surface area contributed by atoms with Crippen molar-refractivity contribution < 1.29 is 4.74 Å². The summed E-state index contributed by atoms with van der Waals surface area (Å²) in [5.74, 6) is 0.518. The molecule has 0 saturated carbocycles. The lowest BCUT2D eigenvalue weighted by molar-refractivity contribution is 0.180. The van der Waals surface area contributed by atoms with E-state index < -0.39 is 0 Å². The van der Waals surface area contributed by atoms with Gasteiger partial charge in [0.25, 0.3) is 0 Å². The molecule has 3 nitrogen and oxygen atoms in total. The second-order valence-electron chi connectivity index (χ2n) is 1.73. The number of hydrogen-bond acceptors (Lipinski definition) is 3. The van der Waals surface area contributed by atoms with Gasteiger partial charge in [-0.2, -0.15) is 10.5 Å². The minimum atomic E-state index is 0.446. The molecule has 1 fully saturated rings. The van der Waals surface area contributed by atoms with Crippen molar-refractivity contribution in [3.63, 3.8) is 0 Å². The molecule has 0 unspecified atom stereocenters.